The second-order valence-electron chi connectivity index (χ2n) is 6.68. The molecule has 0 spiro atoms. The van der Waals surface area contributed by atoms with Crippen LogP contribution in [0.2, 0.25) is 5.22 Å². The number of benzene rings is 1. The summed E-state index contributed by atoms with van der Waals surface area (Å²) in [5.74, 6) is 0.113. The summed E-state index contributed by atoms with van der Waals surface area (Å²) in [5.41, 5.74) is 0.394. The highest BCUT2D eigenvalue weighted by molar-refractivity contribution is 6.29. The summed E-state index contributed by atoms with van der Waals surface area (Å²) >= 11 is 5.73. The van der Waals surface area contributed by atoms with E-state index in [2.05, 4.69) is 0 Å². The Morgan fingerprint density at radius 1 is 0.960 bits per heavy atom. The van der Waals surface area contributed by atoms with Crippen LogP contribution in [0.1, 0.15) is 30.0 Å². The minimum Gasteiger partial charge on any atom is -0.440 e. The van der Waals surface area contributed by atoms with Crippen LogP contribution in [0.5, 0.6) is 0 Å². The van der Waals surface area contributed by atoms with E-state index in [-0.39, 0.29) is 22.8 Å². The maximum Gasteiger partial charge on any atom is 0.289 e. The highest BCUT2D eigenvalue weighted by Gasteiger charge is 2.36. The van der Waals surface area contributed by atoms with Gasteiger partial charge in [0.2, 0.25) is 5.91 Å². The topological polar surface area (TPSA) is 53.8 Å². The number of halogens is 1. The Balaban J connectivity index is 1.64. The lowest BCUT2D eigenvalue weighted by Crippen LogP contribution is -2.54. The van der Waals surface area contributed by atoms with Crippen molar-refractivity contribution in [2.24, 2.45) is 0 Å². The minimum atomic E-state index is -0.595. The molecule has 3 rings (SSSR count). The fourth-order valence-corrected chi connectivity index (χ4v) is 3.22. The van der Waals surface area contributed by atoms with E-state index in [0.717, 1.165) is 5.56 Å². The Hall–Kier alpha value is -2.27. The molecule has 1 aromatic heterocycles. The van der Waals surface area contributed by atoms with E-state index in [9.17, 15) is 9.59 Å². The zero-order valence-electron chi connectivity index (χ0n) is 14.4. The van der Waals surface area contributed by atoms with Crippen molar-refractivity contribution in [2.45, 2.75) is 19.3 Å². The van der Waals surface area contributed by atoms with Crippen molar-refractivity contribution in [1.82, 2.24) is 9.80 Å². The number of amides is 2. The molecule has 0 unspecified atom stereocenters. The highest BCUT2D eigenvalue weighted by atomic mass is 35.5. The molecule has 2 amide bonds. The summed E-state index contributed by atoms with van der Waals surface area (Å²) in [6.07, 6.45) is 0. The van der Waals surface area contributed by atoms with Crippen molar-refractivity contribution in [1.29, 1.82) is 0 Å². The number of rotatable bonds is 3. The molecule has 1 saturated heterocycles. The molecule has 1 aromatic carbocycles. The molecule has 6 heteroatoms. The number of furan rings is 1. The summed E-state index contributed by atoms with van der Waals surface area (Å²) in [7, 11) is 0. The summed E-state index contributed by atoms with van der Waals surface area (Å²) in [6.45, 7) is 5.85. The first-order valence-electron chi connectivity index (χ1n) is 8.29. The summed E-state index contributed by atoms with van der Waals surface area (Å²) in [6, 6.07) is 12.9. The third-order valence-corrected chi connectivity index (χ3v) is 4.87. The van der Waals surface area contributed by atoms with Crippen LogP contribution in [0.3, 0.4) is 0 Å². The number of carbonyl (C=O) groups excluding carboxylic acids is 2. The van der Waals surface area contributed by atoms with E-state index < -0.39 is 5.41 Å². The van der Waals surface area contributed by atoms with Gasteiger partial charge >= 0.3 is 0 Å². The van der Waals surface area contributed by atoms with Crippen molar-refractivity contribution >= 4 is 23.4 Å². The highest BCUT2D eigenvalue weighted by Crippen LogP contribution is 2.26. The lowest BCUT2D eigenvalue weighted by molar-refractivity contribution is -0.137. The van der Waals surface area contributed by atoms with Crippen molar-refractivity contribution in [3.05, 3.63) is 59.0 Å². The largest absolute Gasteiger partial charge is 0.440 e. The molecule has 0 aliphatic carbocycles. The van der Waals surface area contributed by atoms with E-state index >= 15 is 0 Å². The normalized spacial score (nSPS) is 15.3. The van der Waals surface area contributed by atoms with Gasteiger partial charge in [-0.3, -0.25) is 9.59 Å². The van der Waals surface area contributed by atoms with Gasteiger partial charge in [-0.05, 0) is 43.1 Å². The van der Waals surface area contributed by atoms with Crippen molar-refractivity contribution in [3.63, 3.8) is 0 Å². The molecule has 1 aliphatic rings. The van der Waals surface area contributed by atoms with Gasteiger partial charge in [-0.25, -0.2) is 0 Å². The van der Waals surface area contributed by atoms with Gasteiger partial charge in [0.1, 0.15) is 0 Å². The third-order valence-electron chi connectivity index (χ3n) is 4.67. The predicted molar refractivity (Wildman–Crippen MR) is 95.7 cm³/mol. The van der Waals surface area contributed by atoms with Crippen LogP contribution < -0.4 is 0 Å². The molecule has 1 fully saturated rings. The van der Waals surface area contributed by atoms with Crippen LogP contribution in [0, 0.1) is 0 Å². The first-order valence-corrected chi connectivity index (χ1v) is 8.67. The molecule has 2 heterocycles. The number of nitrogens with zero attached hydrogens (tertiary/aromatic N) is 2. The molecule has 1 aliphatic heterocycles. The summed E-state index contributed by atoms with van der Waals surface area (Å²) in [4.78, 5) is 28.8. The van der Waals surface area contributed by atoms with E-state index in [4.69, 9.17) is 16.0 Å². The molecule has 0 bridgehead atoms. The fourth-order valence-electron chi connectivity index (χ4n) is 3.07. The molecule has 0 saturated carbocycles. The lowest BCUT2D eigenvalue weighted by Gasteiger charge is -2.38. The van der Waals surface area contributed by atoms with Crippen LogP contribution in [-0.2, 0) is 10.2 Å². The second-order valence-corrected chi connectivity index (χ2v) is 7.05. The second kappa shape index (κ2) is 6.92. The summed E-state index contributed by atoms with van der Waals surface area (Å²) < 4.78 is 5.18. The predicted octanol–water partition coefficient (Wildman–Crippen LogP) is 3.20. The maximum atomic E-state index is 13.0. The van der Waals surface area contributed by atoms with Gasteiger partial charge in [0, 0.05) is 26.2 Å². The van der Waals surface area contributed by atoms with Crippen LogP contribution >= 0.6 is 11.6 Å². The van der Waals surface area contributed by atoms with E-state index in [1.807, 2.05) is 49.1 Å². The smallest absolute Gasteiger partial charge is 0.289 e. The van der Waals surface area contributed by atoms with Gasteiger partial charge in [0.25, 0.3) is 5.91 Å². The third kappa shape index (κ3) is 3.56. The molecule has 0 radical (unpaired) electrons. The number of piperazine rings is 1. The van der Waals surface area contributed by atoms with Gasteiger partial charge in [-0.2, -0.15) is 0 Å². The van der Waals surface area contributed by atoms with Crippen molar-refractivity contribution in [2.75, 3.05) is 26.2 Å². The zero-order chi connectivity index (χ0) is 18.0. The van der Waals surface area contributed by atoms with Gasteiger partial charge in [0.15, 0.2) is 11.0 Å². The zero-order valence-corrected chi connectivity index (χ0v) is 15.1. The van der Waals surface area contributed by atoms with Crippen LogP contribution in [0.15, 0.2) is 46.9 Å². The monoisotopic (exact) mass is 360 g/mol. The Kier molecular flexibility index (Phi) is 4.86. The molecule has 0 atom stereocenters. The quantitative estimate of drug-likeness (QED) is 0.844. The average Bonchev–Trinajstić information content (AvgIpc) is 3.07. The SMILES string of the molecule is CC(C)(C(=O)N1CCN(C(=O)c2ccc(Cl)o2)CC1)c1ccccc1. The van der Waals surface area contributed by atoms with E-state index in [1.54, 1.807) is 17.0 Å². The standard InChI is InChI=1S/C19H21ClN2O3/c1-19(2,14-6-4-3-5-7-14)18(24)22-12-10-21(11-13-22)17(23)15-8-9-16(20)25-15/h3-9H,10-13H2,1-2H3. The van der Waals surface area contributed by atoms with Gasteiger partial charge in [-0.15, -0.1) is 0 Å². The molecule has 5 nitrogen and oxygen atoms in total. The fraction of sp³-hybridized carbons (Fsp3) is 0.368. The molecule has 0 N–H and O–H groups in total. The van der Waals surface area contributed by atoms with Crippen LogP contribution in [-0.4, -0.2) is 47.8 Å². The van der Waals surface area contributed by atoms with E-state index in [0.29, 0.717) is 26.2 Å². The van der Waals surface area contributed by atoms with Crippen LogP contribution in [0.25, 0.3) is 0 Å². The lowest BCUT2D eigenvalue weighted by atomic mass is 9.83. The van der Waals surface area contributed by atoms with Gasteiger partial charge in [-0.1, -0.05) is 30.3 Å². The molecular formula is C19H21ClN2O3. The number of hydrogen-bond acceptors (Lipinski definition) is 3. The van der Waals surface area contributed by atoms with E-state index in [1.165, 1.54) is 0 Å². The molecule has 132 valence electrons. The Morgan fingerprint density at radius 2 is 1.56 bits per heavy atom. The molecular weight excluding hydrogens is 340 g/mol. The van der Waals surface area contributed by atoms with Crippen molar-refractivity contribution < 1.29 is 14.0 Å². The minimum absolute atomic E-state index is 0.0758. The number of carbonyl (C=O) groups is 2. The Labute approximate surface area is 152 Å². The van der Waals surface area contributed by atoms with Crippen LogP contribution in [0.4, 0.5) is 0 Å². The maximum absolute atomic E-state index is 13.0. The Bertz CT molecular complexity index is 762. The summed E-state index contributed by atoms with van der Waals surface area (Å²) in [5, 5.41) is 0.196. The molecule has 25 heavy (non-hydrogen) atoms. The number of hydrogen-bond donors (Lipinski definition) is 0. The van der Waals surface area contributed by atoms with Crippen molar-refractivity contribution in [3.8, 4) is 0 Å². The first-order chi connectivity index (χ1) is 11.9. The van der Waals surface area contributed by atoms with Gasteiger partial charge < -0.3 is 14.2 Å². The average molecular weight is 361 g/mol. The van der Waals surface area contributed by atoms with Gasteiger partial charge in [0.05, 0.1) is 5.41 Å². The Morgan fingerprint density at radius 3 is 2.12 bits per heavy atom. The first kappa shape index (κ1) is 17.5. The molecule has 2 aromatic rings.